The van der Waals surface area contributed by atoms with Crippen LogP contribution in [0.4, 0.5) is 11.4 Å². The minimum Gasteiger partial charge on any atom is -0.338 e. The molecular formula is C13H9N3O4S. The van der Waals surface area contributed by atoms with Crippen LogP contribution in [0.3, 0.4) is 0 Å². The van der Waals surface area contributed by atoms with Gasteiger partial charge in [0, 0.05) is 17.7 Å². The molecule has 106 valence electrons. The lowest BCUT2D eigenvalue weighted by molar-refractivity contribution is -0.385. The lowest BCUT2D eigenvalue weighted by Gasteiger charge is -2.17. The summed E-state index contributed by atoms with van der Waals surface area (Å²) in [6.45, 7) is 0. The highest BCUT2D eigenvalue weighted by Gasteiger charge is 2.27. The van der Waals surface area contributed by atoms with E-state index in [9.17, 15) is 18.5 Å². The predicted octanol–water partition coefficient (Wildman–Crippen LogP) is 2.16. The van der Waals surface area contributed by atoms with Crippen molar-refractivity contribution in [1.29, 1.82) is 0 Å². The molecule has 7 nitrogen and oxygen atoms in total. The van der Waals surface area contributed by atoms with E-state index in [1.807, 2.05) is 0 Å². The summed E-state index contributed by atoms with van der Waals surface area (Å²) >= 11 is 0. The number of non-ortho nitro benzene ring substituents is 1. The highest BCUT2D eigenvalue weighted by atomic mass is 32.2. The van der Waals surface area contributed by atoms with Crippen molar-refractivity contribution >= 4 is 27.2 Å². The molecule has 0 atom stereocenters. The molecule has 0 aliphatic carbocycles. The number of fused-ring (bicyclic) bond motifs is 1. The molecule has 21 heavy (non-hydrogen) atoms. The molecule has 0 radical (unpaired) electrons. The molecule has 0 saturated carbocycles. The number of benzene rings is 2. The average Bonchev–Trinajstić information content (AvgIpc) is 2.47. The van der Waals surface area contributed by atoms with E-state index in [4.69, 9.17) is 0 Å². The summed E-state index contributed by atoms with van der Waals surface area (Å²) < 4.78 is 28.0. The van der Waals surface area contributed by atoms with Crippen molar-refractivity contribution in [3.8, 4) is 0 Å². The van der Waals surface area contributed by atoms with E-state index in [0.29, 0.717) is 5.56 Å². The minimum atomic E-state index is -3.97. The Kier molecular flexibility index (Phi) is 2.95. The molecule has 0 unspecified atom stereocenters. The zero-order valence-electron chi connectivity index (χ0n) is 10.6. The van der Waals surface area contributed by atoms with E-state index in [-0.39, 0.29) is 22.1 Å². The van der Waals surface area contributed by atoms with Crippen LogP contribution in [0.5, 0.6) is 0 Å². The summed E-state index contributed by atoms with van der Waals surface area (Å²) in [5, 5.41) is 13.6. The van der Waals surface area contributed by atoms with Gasteiger partial charge >= 0.3 is 0 Å². The van der Waals surface area contributed by atoms with Gasteiger partial charge in [-0.25, -0.2) is 0 Å². The van der Waals surface area contributed by atoms with E-state index in [2.05, 4.69) is 9.71 Å². The fraction of sp³-hybridized carbons (Fsp3) is 0. The van der Waals surface area contributed by atoms with Crippen LogP contribution in [0.15, 0.2) is 57.8 Å². The number of nitrogens with one attached hydrogen (secondary N) is 1. The summed E-state index contributed by atoms with van der Waals surface area (Å²) in [7, 11) is -3.97. The van der Waals surface area contributed by atoms with Crippen LogP contribution in [0.1, 0.15) is 5.56 Å². The second kappa shape index (κ2) is 4.67. The standard InChI is InChI=1S/C13H9N3O4S/c17-16(18)10-6-7-11-12(8-10)21(19,20)15-13(14-11)9-4-2-1-3-5-9/h1-8H,(H,14,15). The van der Waals surface area contributed by atoms with Crippen molar-refractivity contribution in [3.63, 3.8) is 0 Å². The fourth-order valence-electron chi connectivity index (χ4n) is 1.98. The van der Waals surface area contributed by atoms with Gasteiger partial charge in [-0.05, 0) is 6.07 Å². The first-order chi connectivity index (χ1) is 9.97. The van der Waals surface area contributed by atoms with Gasteiger partial charge in [0.05, 0.1) is 10.6 Å². The molecule has 0 fully saturated rings. The van der Waals surface area contributed by atoms with Gasteiger partial charge in [0.25, 0.3) is 15.7 Å². The van der Waals surface area contributed by atoms with Crippen LogP contribution < -0.4 is 5.32 Å². The number of nitrogens with zero attached hydrogens (tertiary/aromatic N) is 2. The highest BCUT2D eigenvalue weighted by Crippen LogP contribution is 2.31. The molecule has 1 heterocycles. The second-order valence-electron chi connectivity index (χ2n) is 4.34. The Labute approximate surface area is 120 Å². The normalized spacial score (nSPS) is 15.5. The Bertz CT molecular complexity index is 860. The molecule has 3 rings (SSSR count). The third kappa shape index (κ3) is 2.36. The van der Waals surface area contributed by atoms with Gasteiger partial charge in [0.15, 0.2) is 5.84 Å². The molecule has 0 aromatic heterocycles. The molecule has 2 aromatic rings. The molecular weight excluding hydrogens is 294 g/mol. The third-order valence-corrected chi connectivity index (χ3v) is 4.28. The van der Waals surface area contributed by atoms with Gasteiger partial charge in [0.2, 0.25) is 0 Å². The van der Waals surface area contributed by atoms with Crippen LogP contribution in [-0.2, 0) is 10.0 Å². The van der Waals surface area contributed by atoms with Gasteiger partial charge in [0.1, 0.15) is 4.90 Å². The molecule has 0 spiro atoms. The minimum absolute atomic E-state index is 0.192. The van der Waals surface area contributed by atoms with E-state index in [0.717, 1.165) is 6.07 Å². The van der Waals surface area contributed by atoms with Gasteiger partial charge in [-0.15, -0.1) is 4.40 Å². The van der Waals surface area contributed by atoms with Crippen molar-refractivity contribution in [2.24, 2.45) is 4.40 Å². The van der Waals surface area contributed by atoms with Crippen LogP contribution in [0.2, 0.25) is 0 Å². The first-order valence-electron chi connectivity index (χ1n) is 5.93. The van der Waals surface area contributed by atoms with E-state index < -0.39 is 14.9 Å². The molecule has 1 aliphatic rings. The largest absolute Gasteiger partial charge is 0.338 e. The summed E-state index contributed by atoms with van der Waals surface area (Å²) in [6.07, 6.45) is 0. The van der Waals surface area contributed by atoms with Crippen molar-refractivity contribution < 1.29 is 13.3 Å². The van der Waals surface area contributed by atoms with Crippen LogP contribution in [-0.4, -0.2) is 19.2 Å². The number of hydrogen-bond acceptors (Lipinski definition) is 5. The lowest BCUT2D eigenvalue weighted by Crippen LogP contribution is -2.22. The lowest BCUT2D eigenvalue weighted by atomic mass is 10.2. The van der Waals surface area contributed by atoms with Crippen LogP contribution in [0.25, 0.3) is 0 Å². The predicted molar refractivity (Wildman–Crippen MR) is 76.9 cm³/mol. The molecule has 0 saturated heterocycles. The Hall–Kier alpha value is -2.74. The number of amidine groups is 1. The summed E-state index contributed by atoms with van der Waals surface area (Å²) in [6, 6.07) is 12.4. The maximum atomic E-state index is 12.2. The van der Waals surface area contributed by atoms with Gasteiger partial charge < -0.3 is 5.32 Å². The topological polar surface area (TPSA) is 102 Å². The summed E-state index contributed by atoms with van der Waals surface area (Å²) in [4.78, 5) is 9.89. The maximum absolute atomic E-state index is 12.2. The summed E-state index contributed by atoms with van der Waals surface area (Å²) in [5.74, 6) is 0.192. The maximum Gasteiger partial charge on any atom is 0.286 e. The van der Waals surface area contributed by atoms with Gasteiger partial charge in [-0.3, -0.25) is 10.1 Å². The van der Waals surface area contributed by atoms with Gasteiger partial charge in [-0.2, -0.15) is 8.42 Å². The highest BCUT2D eigenvalue weighted by molar-refractivity contribution is 7.90. The molecule has 1 N–H and O–H groups in total. The number of rotatable bonds is 2. The first-order valence-corrected chi connectivity index (χ1v) is 7.37. The van der Waals surface area contributed by atoms with E-state index in [1.54, 1.807) is 30.3 Å². The zero-order chi connectivity index (χ0) is 15.0. The third-order valence-electron chi connectivity index (χ3n) is 2.97. The van der Waals surface area contributed by atoms with Crippen molar-refractivity contribution in [2.75, 3.05) is 5.32 Å². The SMILES string of the molecule is O=[N+]([O-])c1ccc2c(c1)S(=O)(=O)N=C(c1ccccc1)N2. The monoisotopic (exact) mass is 303 g/mol. The van der Waals surface area contributed by atoms with Gasteiger partial charge in [-0.1, -0.05) is 30.3 Å². The number of nitro benzene ring substituents is 1. The van der Waals surface area contributed by atoms with Crippen molar-refractivity contribution in [2.45, 2.75) is 4.90 Å². The van der Waals surface area contributed by atoms with Crippen LogP contribution in [0, 0.1) is 10.1 Å². The quantitative estimate of drug-likeness (QED) is 0.676. The van der Waals surface area contributed by atoms with Crippen LogP contribution >= 0.6 is 0 Å². The first kappa shape index (κ1) is 13.3. The molecule has 0 amide bonds. The number of sulfonamides is 1. The second-order valence-corrected chi connectivity index (χ2v) is 5.92. The van der Waals surface area contributed by atoms with Crippen molar-refractivity contribution in [1.82, 2.24) is 0 Å². The molecule has 0 bridgehead atoms. The fourth-order valence-corrected chi connectivity index (χ4v) is 3.14. The van der Waals surface area contributed by atoms with Crippen molar-refractivity contribution in [3.05, 3.63) is 64.2 Å². The zero-order valence-corrected chi connectivity index (χ0v) is 11.4. The smallest absolute Gasteiger partial charge is 0.286 e. The number of anilines is 1. The average molecular weight is 303 g/mol. The Morgan fingerprint density at radius 3 is 2.48 bits per heavy atom. The number of nitro groups is 1. The Morgan fingerprint density at radius 2 is 1.81 bits per heavy atom. The Balaban J connectivity index is 2.13. The summed E-state index contributed by atoms with van der Waals surface area (Å²) in [5.41, 5.74) is 0.594. The molecule has 2 aromatic carbocycles. The Morgan fingerprint density at radius 1 is 1.10 bits per heavy atom. The molecule has 8 heteroatoms. The van der Waals surface area contributed by atoms with E-state index >= 15 is 0 Å². The molecule has 1 aliphatic heterocycles. The van der Waals surface area contributed by atoms with E-state index in [1.165, 1.54) is 12.1 Å². The number of hydrogen-bond donors (Lipinski definition) is 1.